The van der Waals surface area contributed by atoms with E-state index in [9.17, 15) is 9.59 Å². The van der Waals surface area contributed by atoms with Crippen LogP contribution in [0, 0.1) is 13.8 Å². The van der Waals surface area contributed by atoms with Crippen LogP contribution in [0.2, 0.25) is 0 Å². The Morgan fingerprint density at radius 3 is 2.42 bits per heavy atom. The summed E-state index contributed by atoms with van der Waals surface area (Å²) in [4.78, 5) is 27.6. The number of ether oxygens (including phenoxy) is 4. The molecule has 0 N–H and O–H groups in total. The lowest BCUT2D eigenvalue weighted by Crippen LogP contribution is -2.48. The van der Waals surface area contributed by atoms with Crippen molar-refractivity contribution in [1.29, 1.82) is 0 Å². The van der Waals surface area contributed by atoms with Crippen LogP contribution in [-0.2, 0) is 14.2 Å². The molecule has 2 fully saturated rings. The predicted molar refractivity (Wildman–Crippen MR) is 153 cm³/mol. The van der Waals surface area contributed by atoms with Crippen LogP contribution in [0.4, 0.5) is 4.79 Å². The largest absolute Gasteiger partial charge is 0.489 e. The second-order valence-corrected chi connectivity index (χ2v) is 11.9. The first-order valence-corrected chi connectivity index (χ1v) is 14.1. The quantitative estimate of drug-likeness (QED) is 0.370. The summed E-state index contributed by atoms with van der Waals surface area (Å²) in [5.41, 5.74) is 3.86. The summed E-state index contributed by atoms with van der Waals surface area (Å²) in [5.74, 6) is 0.534. The van der Waals surface area contributed by atoms with Crippen LogP contribution in [0.1, 0.15) is 66.6 Å². The third kappa shape index (κ3) is 5.74. The Kier molecular flexibility index (Phi) is 7.93. The Morgan fingerprint density at radius 2 is 1.77 bits per heavy atom. The number of methoxy groups -OCH3 is 1. The maximum absolute atomic E-state index is 13.0. The maximum Gasteiger partial charge on any atom is 0.419 e. The number of carbonyl (C=O) groups is 2. The van der Waals surface area contributed by atoms with Crippen molar-refractivity contribution in [3.05, 3.63) is 64.8 Å². The number of rotatable bonds is 5. The topological polar surface area (TPSA) is 79.2 Å². The molecule has 5 rings (SSSR count). The zero-order chi connectivity index (χ0) is 28.6. The molecule has 1 unspecified atom stereocenters. The molecule has 0 saturated carbocycles. The monoisotopic (exact) mass is 548 g/mol. The molecule has 0 aliphatic carbocycles. The predicted octanol–water partition coefficient (Wildman–Crippen LogP) is 5.85. The summed E-state index contributed by atoms with van der Waals surface area (Å²) in [5, 5.41) is 0.898. The number of likely N-dealkylation sites (tertiary alicyclic amines) is 1. The summed E-state index contributed by atoms with van der Waals surface area (Å²) in [6.07, 6.45) is 3.16. The number of fused-ring (bicyclic) bond motifs is 1. The van der Waals surface area contributed by atoms with E-state index in [1.165, 1.54) is 7.11 Å². The zero-order valence-corrected chi connectivity index (χ0v) is 24.4. The lowest BCUT2D eigenvalue weighted by atomic mass is 9.86. The van der Waals surface area contributed by atoms with Crippen molar-refractivity contribution in [2.24, 2.45) is 0 Å². The van der Waals surface area contributed by atoms with Crippen molar-refractivity contribution in [3.63, 3.8) is 0 Å². The Hall–Kier alpha value is -3.36. The van der Waals surface area contributed by atoms with Gasteiger partial charge in [0.2, 0.25) is 0 Å². The Bertz CT molecular complexity index is 1380. The van der Waals surface area contributed by atoms with E-state index in [-0.39, 0.29) is 18.0 Å². The number of aryl methyl sites for hydroxylation is 2. The zero-order valence-electron chi connectivity index (χ0n) is 24.4. The fourth-order valence-electron chi connectivity index (χ4n) is 6.00. The van der Waals surface area contributed by atoms with Gasteiger partial charge in [0.1, 0.15) is 17.5 Å². The molecule has 3 heterocycles. The van der Waals surface area contributed by atoms with E-state index in [1.54, 1.807) is 10.8 Å². The minimum atomic E-state index is -0.597. The van der Waals surface area contributed by atoms with Crippen LogP contribution in [0.25, 0.3) is 10.9 Å². The first-order chi connectivity index (χ1) is 19.1. The van der Waals surface area contributed by atoms with Gasteiger partial charge in [-0.1, -0.05) is 18.2 Å². The number of piperidine rings is 1. The van der Waals surface area contributed by atoms with Gasteiger partial charge in [-0.2, -0.15) is 0 Å². The van der Waals surface area contributed by atoms with Gasteiger partial charge in [-0.05, 0) is 82.3 Å². The summed E-state index contributed by atoms with van der Waals surface area (Å²) in [6, 6.07) is 12.1. The van der Waals surface area contributed by atoms with Crippen LogP contribution in [0.3, 0.4) is 0 Å². The van der Waals surface area contributed by atoms with E-state index >= 15 is 0 Å². The highest BCUT2D eigenvalue weighted by Gasteiger charge is 2.37. The number of hydrogen-bond donors (Lipinski definition) is 0. The SMILES string of the molecule is COC(=O)c1ccc([C@@H]2CN(C3CCOC3)CC[C@H]2Oc2c(C)cc(C)c3c2ccn3C(=O)OC(C)(C)C)cc1. The highest BCUT2D eigenvalue weighted by Crippen LogP contribution is 2.38. The molecular formula is C32H40N2O6. The van der Waals surface area contributed by atoms with Crippen LogP contribution in [-0.4, -0.2) is 72.7 Å². The Labute approximate surface area is 236 Å². The summed E-state index contributed by atoms with van der Waals surface area (Å²) in [7, 11) is 1.39. The number of aromatic nitrogens is 1. The molecule has 0 amide bonds. The van der Waals surface area contributed by atoms with Gasteiger partial charge >= 0.3 is 12.1 Å². The molecule has 2 aliphatic heterocycles. The summed E-state index contributed by atoms with van der Waals surface area (Å²) in [6.45, 7) is 13.0. The third-order valence-electron chi connectivity index (χ3n) is 7.92. The molecule has 2 aliphatic rings. The van der Waals surface area contributed by atoms with E-state index < -0.39 is 11.7 Å². The Balaban J connectivity index is 1.48. The van der Waals surface area contributed by atoms with Gasteiger partial charge in [-0.15, -0.1) is 0 Å². The average Bonchev–Trinajstić information content (AvgIpc) is 3.61. The minimum absolute atomic E-state index is 0.0861. The van der Waals surface area contributed by atoms with Gasteiger partial charge in [0.05, 0.1) is 24.8 Å². The molecular weight excluding hydrogens is 508 g/mol. The second kappa shape index (κ2) is 11.3. The summed E-state index contributed by atoms with van der Waals surface area (Å²) < 4.78 is 24.7. The van der Waals surface area contributed by atoms with Crippen molar-refractivity contribution in [2.45, 2.75) is 71.1 Å². The molecule has 0 spiro atoms. The van der Waals surface area contributed by atoms with E-state index in [4.69, 9.17) is 18.9 Å². The van der Waals surface area contributed by atoms with E-state index in [0.717, 1.165) is 72.5 Å². The van der Waals surface area contributed by atoms with Gasteiger partial charge in [-0.25, -0.2) is 9.59 Å². The molecule has 2 saturated heterocycles. The molecule has 1 aromatic heterocycles. The van der Waals surface area contributed by atoms with Crippen molar-refractivity contribution < 1.29 is 28.5 Å². The fraction of sp³-hybridized carbons (Fsp3) is 0.500. The van der Waals surface area contributed by atoms with Gasteiger partial charge in [0, 0.05) is 43.2 Å². The van der Waals surface area contributed by atoms with Crippen molar-refractivity contribution in [3.8, 4) is 5.75 Å². The second-order valence-electron chi connectivity index (χ2n) is 11.9. The van der Waals surface area contributed by atoms with Gasteiger partial charge < -0.3 is 18.9 Å². The lowest BCUT2D eigenvalue weighted by molar-refractivity contribution is 0.0506. The van der Waals surface area contributed by atoms with Gasteiger partial charge in [-0.3, -0.25) is 9.47 Å². The van der Waals surface area contributed by atoms with Crippen LogP contribution in [0.15, 0.2) is 42.6 Å². The molecule has 214 valence electrons. The van der Waals surface area contributed by atoms with Crippen molar-refractivity contribution >= 4 is 23.0 Å². The molecule has 40 heavy (non-hydrogen) atoms. The van der Waals surface area contributed by atoms with E-state index in [1.807, 2.05) is 58.0 Å². The van der Waals surface area contributed by atoms with E-state index in [0.29, 0.717) is 11.6 Å². The Morgan fingerprint density at radius 1 is 1.02 bits per heavy atom. The number of nitrogens with zero attached hydrogens (tertiary/aromatic N) is 2. The number of carbonyl (C=O) groups excluding carboxylic acids is 2. The number of esters is 1. The maximum atomic E-state index is 13.0. The standard InChI is InChI=1S/C32H40N2O6/c1-20-17-21(2)29(25-11-15-34(28(20)25)31(36)40-32(3,4)5)39-27-12-14-33(24-13-16-38-19-24)18-26(27)22-7-9-23(10-8-22)30(35)37-6/h7-11,15,17,24,26-27H,12-14,16,18-19H2,1-6H3/t24?,26-,27+/m0/s1. The van der Waals surface area contributed by atoms with Crippen LogP contribution >= 0.6 is 0 Å². The van der Waals surface area contributed by atoms with Crippen LogP contribution < -0.4 is 4.74 Å². The van der Waals surface area contributed by atoms with Gasteiger partial charge in [0.25, 0.3) is 0 Å². The molecule has 0 bridgehead atoms. The lowest BCUT2D eigenvalue weighted by Gasteiger charge is -2.41. The molecule has 0 radical (unpaired) electrons. The normalized spacial score (nSPS) is 21.9. The van der Waals surface area contributed by atoms with Crippen molar-refractivity contribution in [1.82, 2.24) is 9.47 Å². The number of benzene rings is 2. The van der Waals surface area contributed by atoms with E-state index in [2.05, 4.69) is 17.9 Å². The highest BCUT2D eigenvalue weighted by molar-refractivity contribution is 5.96. The highest BCUT2D eigenvalue weighted by atomic mass is 16.6. The molecule has 2 aromatic carbocycles. The van der Waals surface area contributed by atoms with Gasteiger partial charge in [0.15, 0.2) is 0 Å². The third-order valence-corrected chi connectivity index (χ3v) is 7.92. The first-order valence-electron chi connectivity index (χ1n) is 14.1. The average molecular weight is 549 g/mol. The minimum Gasteiger partial charge on any atom is -0.489 e. The first kappa shape index (κ1) is 28.2. The molecule has 8 nitrogen and oxygen atoms in total. The molecule has 8 heteroatoms. The molecule has 3 atom stereocenters. The smallest absolute Gasteiger partial charge is 0.419 e. The summed E-state index contributed by atoms with van der Waals surface area (Å²) >= 11 is 0. The number of hydrogen-bond acceptors (Lipinski definition) is 7. The fourth-order valence-corrected chi connectivity index (χ4v) is 6.00. The molecule has 3 aromatic rings. The van der Waals surface area contributed by atoms with Crippen molar-refractivity contribution in [2.75, 3.05) is 33.4 Å². The van der Waals surface area contributed by atoms with Crippen LogP contribution in [0.5, 0.6) is 5.75 Å².